The lowest BCUT2D eigenvalue weighted by Crippen LogP contribution is -2.26. The molecule has 14 heavy (non-hydrogen) atoms. The van der Waals surface area contributed by atoms with Crippen molar-refractivity contribution in [2.24, 2.45) is 11.1 Å². The molecule has 0 spiro atoms. The Labute approximate surface area is 91.3 Å². The van der Waals surface area contributed by atoms with Crippen LogP contribution in [0.5, 0.6) is 0 Å². The minimum Gasteiger partial charge on any atom is -0.324 e. The van der Waals surface area contributed by atoms with Gasteiger partial charge in [0, 0.05) is 11.1 Å². The highest BCUT2D eigenvalue weighted by atomic mass is 35.5. The minimum atomic E-state index is 0.0289. The third-order valence-electron chi connectivity index (χ3n) is 2.58. The number of benzene rings is 1. The molecule has 2 heteroatoms. The van der Waals surface area contributed by atoms with Gasteiger partial charge < -0.3 is 5.73 Å². The van der Waals surface area contributed by atoms with Crippen molar-refractivity contribution in [3.8, 4) is 0 Å². The van der Waals surface area contributed by atoms with Crippen molar-refractivity contribution in [3.63, 3.8) is 0 Å². The summed E-state index contributed by atoms with van der Waals surface area (Å²) in [6, 6.07) is 5.93. The van der Waals surface area contributed by atoms with Crippen LogP contribution in [0.4, 0.5) is 0 Å². The second kappa shape index (κ2) is 3.92. The molecule has 0 aromatic heterocycles. The van der Waals surface area contributed by atoms with Crippen molar-refractivity contribution in [3.05, 3.63) is 34.3 Å². The van der Waals surface area contributed by atoms with Gasteiger partial charge in [-0.25, -0.2) is 0 Å². The zero-order valence-corrected chi connectivity index (χ0v) is 10.0. The highest BCUT2D eigenvalue weighted by Crippen LogP contribution is 2.33. The van der Waals surface area contributed by atoms with Crippen LogP contribution >= 0.6 is 11.6 Å². The van der Waals surface area contributed by atoms with Crippen LogP contribution in [-0.2, 0) is 0 Å². The minimum absolute atomic E-state index is 0.0289. The SMILES string of the molecule is Cc1c(Cl)cccc1C(N)C(C)(C)C. The molecule has 0 aliphatic rings. The van der Waals surface area contributed by atoms with Crippen molar-refractivity contribution in [2.45, 2.75) is 33.7 Å². The Bertz CT molecular complexity index is 326. The molecule has 0 saturated heterocycles. The number of hydrogen-bond acceptors (Lipinski definition) is 1. The van der Waals surface area contributed by atoms with Gasteiger partial charge in [-0.15, -0.1) is 0 Å². The lowest BCUT2D eigenvalue weighted by Gasteiger charge is -2.28. The fraction of sp³-hybridized carbons (Fsp3) is 0.500. The third kappa shape index (κ3) is 2.28. The maximum absolute atomic E-state index is 6.18. The first-order valence-electron chi connectivity index (χ1n) is 4.84. The summed E-state index contributed by atoms with van der Waals surface area (Å²) in [5, 5.41) is 0.794. The highest BCUT2D eigenvalue weighted by molar-refractivity contribution is 6.31. The van der Waals surface area contributed by atoms with E-state index in [0.29, 0.717) is 0 Å². The van der Waals surface area contributed by atoms with Crippen LogP contribution in [0.2, 0.25) is 5.02 Å². The van der Waals surface area contributed by atoms with Crippen molar-refractivity contribution >= 4 is 11.6 Å². The zero-order chi connectivity index (χ0) is 10.9. The summed E-state index contributed by atoms with van der Waals surface area (Å²) in [5.74, 6) is 0. The average Bonchev–Trinajstić information content (AvgIpc) is 2.07. The molecule has 0 bridgehead atoms. The predicted molar refractivity (Wildman–Crippen MR) is 62.6 cm³/mol. The molecule has 2 N–H and O–H groups in total. The topological polar surface area (TPSA) is 26.0 Å². The Balaban J connectivity index is 3.14. The second-order valence-electron chi connectivity index (χ2n) is 4.80. The molecule has 0 amide bonds. The van der Waals surface area contributed by atoms with Crippen LogP contribution < -0.4 is 5.73 Å². The van der Waals surface area contributed by atoms with Gasteiger partial charge in [0.1, 0.15) is 0 Å². The molecular formula is C12H18ClN. The Kier molecular flexibility index (Phi) is 3.23. The summed E-state index contributed by atoms with van der Waals surface area (Å²) in [5.41, 5.74) is 8.49. The molecule has 78 valence electrons. The lowest BCUT2D eigenvalue weighted by molar-refractivity contribution is 0.326. The molecule has 0 heterocycles. The molecule has 0 fully saturated rings. The molecule has 1 unspecified atom stereocenters. The number of nitrogens with two attached hydrogens (primary N) is 1. The maximum atomic E-state index is 6.18. The van der Waals surface area contributed by atoms with E-state index in [1.54, 1.807) is 0 Å². The van der Waals surface area contributed by atoms with Crippen molar-refractivity contribution in [1.82, 2.24) is 0 Å². The maximum Gasteiger partial charge on any atom is 0.0438 e. The van der Waals surface area contributed by atoms with E-state index >= 15 is 0 Å². The summed E-state index contributed by atoms with van der Waals surface area (Å²) in [6.45, 7) is 8.43. The second-order valence-corrected chi connectivity index (χ2v) is 5.20. The normalized spacial score (nSPS) is 14.1. The summed E-state index contributed by atoms with van der Waals surface area (Å²) in [7, 11) is 0. The first-order chi connectivity index (χ1) is 6.34. The summed E-state index contributed by atoms with van der Waals surface area (Å²) in [4.78, 5) is 0. The first-order valence-corrected chi connectivity index (χ1v) is 5.22. The Morgan fingerprint density at radius 1 is 1.29 bits per heavy atom. The quantitative estimate of drug-likeness (QED) is 0.754. The highest BCUT2D eigenvalue weighted by Gasteiger charge is 2.23. The molecule has 1 atom stereocenters. The van der Waals surface area contributed by atoms with Crippen molar-refractivity contribution in [1.29, 1.82) is 0 Å². The molecule has 0 radical (unpaired) electrons. The van der Waals surface area contributed by atoms with Gasteiger partial charge in [0.25, 0.3) is 0 Å². The van der Waals surface area contributed by atoms with Crippen LogP contribution in [0, 0.1) is 12.3 Å². The van der Waals surface area contributed by atoms with Gasteiger partial charge in [-0.1, -0.05) is 44.5 Å². The van der Waals surface area contributed by atoms with E-state index in [9.17, 15) is 0 Å². The molecule has 1 aromatic rings. The van der Waals surface area contributed by atoms with E-state index in [0.717, 1.165) is 16.1 Å². The van der Waals surface area contributed by atoms with Crippen LogP contribution in [-0.4, -0.2) is 0 Å². The van der Waals surface area contributed by atoms with E-state index in [1.165, 1.54) is 0 Å². The fourth-order valence-corrected chi connectivity index (χ4v) is 1.61. The Hall–Kier alpha value is -0.530. The van der Waals surface area contributed by atoms with E-state index in [4.69, 9.17) is 17.3 Å². The van der Waals surface area contributed by atoms with Gasteiger partial charge in [-0.3, -0.25) is 0 Å². The zero-order valence-electron chi connectivity index (χ0n) is 9.26. The van der Waals surface area contributed by atoms with Crippen molar-refractivity contribution in [2.75, 3.05) is 0 Å². The summed E-state index contributed by atoms with van der Waals surface area (Å²) < 4.78 is 0. The molecule has 1 nitrogen and oxygen atoms in total. The largest absolute Gasteiger partial charge is 0.324 e. The fourth-order valence-electron chi connectivity index (χ4n) is 1.43. The standard InChI is InChI=1S/C12H18ClN/c1-8-9(6-5-7-10(8)13)11(14)12(2,3)4/h5-7,11H,14H2,1-4H3. The number of rotatable bonds is 1. The smallest absolute Gasteiger partial charge is 0.0438 e. The van der Waals surface area contributed by atoms with E-state index in [-0.39, 0.29) is 11.5 Å². The van der Waals surface area contributed by atoms with E-state index < -0.39 is 0 Å². The van der Waals surface area contributed by atoms with Crippen LogP contribution in [0.15, 0.2) is 18.2 Å². The monoisotopic (exact) mass is 211 g/mol. The van der Waals surface area contributed by atoms with Gasteiger partial charge >= 0.3 is 0 Å². The van der Waals surface area contributed by atoms with Crippen LogP contribution in [0.1, 0.15) is 37.9 Å². The summed E-state index contributed by atoms with van der Waals surface area (Å²) in [6.07, 6.45) is 0. The van der Waals surface area contributed by atoms with Crippen LogP contribution in [0.3, 0.4) is 0 Å². The predicted octanol–water partition coefficient (Wildman–Crippen LogP) is 3.69. The van der Waals surface area contributed by atoms with Crippen molar-refractivity contribution < 1.29 is 0 Å². The van der Waals surface area contributed by atoms with Gasteiger partial charge in [-0.2, -0.15) is 0 Å². The Morgan fingerprint density at radius 2 is 1.86 bits per heavy atom. The molecule has 0 aliphatic heterocycles. The molecule has 1 rings (SSSR count). The first kappa shape index (κ1) is 11.5. The van der Waals surface area contributed by atoms with Crippen LogP contribution in [0.25, 0.3) is 0 Å². The average molecular weight is 212 g/mol. The molecule has 0 aliphatic carbocycles. The Morgan fingerprint density at radius 3 is 2.36 bits per heavy atom. The number of halogens is 1. The molecule has 1 aromatic carbocycles. The molecular weight excluding hydrogens is 194 g/mol. The van der Waals surface area contributed by atoms with E-state index in [2.05, 4.69) is 26.8 Å². The van der Waals surface area contributed by atoms with E-state index in [1.807, 2.05) is 19.1 Å². The molecule has 0 saturated carbocycles. The third-order valence-corrected chi connectivity index (χ3v) is 2.99. The number of hydrogen-bond donors (Lipinski definition) is 1. The van der Waals surface area contributed by atoms with Gasteiger partial charge in [0.05, 0.1) is 0 Å². The van der Waals surface area contributed by atoms with Gasteiger partial charge in [-0.05, 0) is 29.5 Å². The summed E-state index contributed by atoms with van der Waals surface area (Å²) >= 11 is 6.05. The van der Waals surface area contributed by atoms with Gasteiger partial charge in [0.2, 0.25) is 0 Å². The lowest BCUT2D eigenvalue weighted by atomic mass is 9.81. The van der Waals surface area contributed by atoms with Gasteiger partial charge in [0.15, 0.2) is 0 Å².